The Bertz CT molecular complexity index is 436. The highest BCUT2D eigenvalue weighted by Gasteiger charge is 2.06. The molecule has 0 fully saturated rings. The normalized spacial score (nSPS) is 11.0. The first-order valence-electron chi connectivity index (χ1n) is 4.54. The van der Waals surface area contributed by atoms with Crippen molar-refractivity contribution in [1.82, 2.24) is 0 Å². The lowest BCUT2D eigenvalue weighted by Crippen LogP contribution is -1.80. The lowest BCUT2D eigenvalue weighted by atomic mass is 10.2. The average molecular weight is 257 g/mol. The molecule has 14 heavy (non-hydrogen) atoms. The van der Waals surface area contributed by atoms with Gasteiger partial charge in [0.15, 0.2) is 11.4 Å². The fraction of sp³-hybridized carbons (Fsp3) is 0.273. The number of fused-ring (bicyclic) bond motifs is 1. The number of hydrogen-bond acceptors (Lipinski definition) is 1. The van der Waals surface area contributed by atoms with Gasteiger partial charge in [-0.1, -0.05) is 28.1 Å². The Labute approximate surface area is 90.0 Å². The van der Waals surface area contributed by atoms with E-state index < -0.39 is 0 Å². The topological polar surface area (TPSA) is 13.1 Å². The molecule has 0 bridgehead atoms. The van der Waals surface area contributed by atoms with Crippen molar-refractivity contribution in [2.24, 2.45) is 0 Å². The van der Waals surface area contributed by atoms with E-state index in [2.05, 4.69) is 15.9 Å². The van der Waals surface area contributed by atoms with E-state index >= 15 is 0 Å². The van der Waals surface area contributed by atoms with Gasteiger partial charge in [-0.2, -0.15) is 0 Å². The first kappa shape index (κ1) is 9.71. The number of furan rings is 1. The first-order chi connectivity index (χ1) is 6.81. The molecular formula is C11H10BrFO. The molecule has 1 aromatic heterocycles. The summed E-state index contributed by atoms with van der Waals surface area (Å²) in [5.74, 6) is 0.567. The van der Waals surface area contributed by atoms with E-state index in [1.54, 1.807) is 6.07 Å². The highest BCUT2D eigenvalue weighted by atomic mass is 79.9. The third-order valence-corrected chi connectivity index (χ3v) is 2.66. The SMILES string of the molecule is Fc1cccc2cc(CCCBr)oc12. The zero-order valence-corrected chi connectivity index (χ0v) is 9.18. The summed E-state index contributed by atoms with van der Waals surface area (Å²) in [4.78, 5) is 0. The van der Waals surface area contributed by atoms with E-state index in [1.807, 2.05) is 12.1 Å². The van der Waals surface area contributed by atoms with Gasteiger partial charge in [0.1, 0.15) is 5.76 Å². The molecule has 0 aliphatic rings. The van der Waals surface area contributed by atoms with Crippen LogP contribution in [0.1, 0.15) is 12.2 Å². The van der Waals surface area contributed by atoms with E-state index in [-0.39, 0.29) is 5.82 Å². The Morgan fingerprint density at radius 1 is 1.36 bits per heavy atom. The minimum Gasteiger partial charge on any atom is -0.458 e. The Morgan fingerprint density at radius 3 is 2.93 bits per heavy atom. The van der Waals surface area contributed by atoms with Gasteiger partial charge in [0.25, 0.3) is 0 Å². The number of aryl methyl sites for hydroxylation is 1. The Morgan fingerprint density at radius 2 is 2.21 bits per heavy atom. The van der Waals surface area contributed by atoms with Crippen molar-refractivity contribution in [1.29, 1.82) is 0 Å². The van der Waals surface area contributed by atoms with Crippen molar-refractivity contribution >= 4 is 26.9 Å². The van der Waals surface area contributed by atoms with Crippen molar-refractivity contribution in [3.05, 3.63) is 35.8 Å². The van der Waals surface area contributed by atoms with E-state index in [0.717, 1.165) is 29.3 Å². The molecule has 0 amide bonds. The molecule has 0 unspecified atom stereocenters. The second-order valence-corrected chi connectivity index (χ2v) is 3.96. The third kappa shape index (κ3) is 1.82. The van der Waals surface area contributed by atoms with E-state index in [1.165, 1.54) is 6.07 Å². The average Bonchev–Trinajstić information content (AvgIpc) is 2.59. The van der Waals surface area contributed by atoms with Crippen molar-refractivity contribution < 1.29 is 8.81 Å². The molecule has 2 aromatic rings. The molecule has 0 atom stereocenters. The van der Waals surface area contributed by atoms with Crippen LogP contribution >= 0.6 is 15.9 Å². The van der Waals surface area contributed by atoms with Crippen LogP contribution in [-0.2, 0) is 6.42 Å². The standard InChI is InChI=1S/C11H10BrFO/c12-6-2-4-9-7-8-3-1-5-10(13)11(8)14-9/h1,3,5,7H,2,4,6H2. The van der Waals surface area contributed by atoms with Gasteiger partial charge in [0, 0.05) is 17.1 Å². The molecule has 0 N–H and O–H groups in total. The Balaban J connectivity index is 2.36. The minimum atomic E-state index is -0.285. The zero-order valence-electron chi connectivity index (χ0n) is 7.59. The number of halogens is 2. The lowest BCUT2D eigenvalue weighted by Gasteiger charge is -1.91. The molecule has 1 aromatic carbocycles. The maximum atomic E-state index is 13.2. The molecule has 1 nitrogen and oxygen atoms in total. The second kappa shape index (κ2) is 4.13. The predicted octanol–water partition coefficient (Wildman–Crippen LogP) is 3.90. The molecular weight excluding hydrogens is 247 g/mol. The molecule has 3 heteroatoms. The van der Waals surface area contributed by atoms with E-state index in [0.29, 0.717) is 5.58 Å². The summed E-state index contributed by atoms with van der Waals surface area (Å²) >= 11 is 3.35. The fourth-order valence-corrected chi connectivity index (χ4v) is 1.73. The van der Waals surface area contributed by atoms with Crippen molar-refractivity contribution in [2.75, 3.05) is 5.33 Å². The quantitative estimate of drug-likeness (QED) is 0.760. The highest BCUT2D eigenvalue weighted by Crippen LogP contribution is 2.22. The summed E-state index contributed by atoms with van der Waals surface area (Å²) in [6.45, 7) is 0. The summed E-state index contributed by atoms with van der Waals surface area (Å²) in [7, 11) is 0. The van der Waals surface area contributed by atoms with Gasteiger partial charge in [-0.3, -0.25) is 0 Å². The minimum absolute atomic E-state index is 0.285. The molecule has 0 spiro atoms. The van der Waals surface area contributed by atoms with Crippen LogP contribution < -0.4 is 0 Å². The monoisotopic (exact) mass is 256 g/mol. The number of benzene rings is 1. The first-order valence-corrected chi connectivity index (χ1v) is 5.66. The summed E-state index contributed by atoms with van der Waals surface area (Å²) < 4.78 is 18.6. The molecule has 0 aliphatic carbocycles. The van der Waals surface area contributed by atoms with E-state index in [9.17, 15) is 4.39 Å². The maximum absolute atomic E-state index is 13.2. The van der Waals surface area contributed by atoms with Crippen LogP contribution in [0.15, 0.2) is 28.7 Å². The van der Waals surface area contributed by atoms with Gasteiger partial charge < -0.3 is 4.42 Å². The molecule has 74 valence electrons. The number of alkyl halides is 1. The molecule has 0 aliphatic heterocycles. The van der Waals surface area contributed by atoms with Crippen molar-refractivity contribution in [3.63, 3.8) is 0 Å². The molecule has 1 heterocycles. The molecule has 0 radical (unpaired) electrons. The third-order valence-electron chi connectivity index (χ3n) is 2.10. The number of para-hydroxylation sites is 1. The van der Waals surface area contributed by atoms with Gasteiger partial charge in [-0.05, 0) is 18.6 Å². The van der Waals surface area contributed by atoms with Gasteiger partial charge in [0.05, 0.1) is 0 Å². The van der Waals surface area contributed by atoms with Gasteiger partial charge in [-0.25, -0.2) is 4.39 Å². The fourth-order valence-electron chi connectivity index (χ4n) is 1.45. The summed E-state index contributed by atoms with van der Waals surface area (Å²) in [5.41, 5.74) is 0.372. The van der Waals surface area contributed by atoms with Gasteiger partial charge in [-0.15, -0.1) is 0 Å². The number of rotatable bonds is 3. The van der Waals surface area contributed by atoms with Crippen LogP contribution in [0, 0.1) is 5.82 Å². The second-order valence-electron chi connectivity index (χ2n) is 3.16. The Hall–Kier alpha value is -0.830. The van der Waals surface area contributed by atoms with Crippen molar-refractivity contribution in [2.45, 2.75) is 12.8 Å². The summed E-state index contributed by atoms with van der Waals surface area (Å²) in [5, 5.41) is 1.78. The van der Waals surface area contributed by atoms with Crippen LogP contribution in [0.4, 0.5) is 4.39 Å². The smallest absolute Gasteiger partial charge is 0.169 e. The zero-order chi connectivity index (χ0) is 9.97. The highest BCUT2D eigenvalue weighted by molar-refractivity contribution is 9.09. The molecule has 2 rings (SSSR count). The largest absolute Gasteiger partial charge is 0.458 e. The number of hydrogen-bond donors (Lipinski definition) is 0. The predicted molar refractivity (Wildman–Crippen MR) is 58.3 cm³/mol. The molecule has 0 saturated heterocycles. The van der Waals surface area contributed by atoms with Gasteiger partial charge in [0.2, 0.25) is 0 Å². The van der Waals surface area contributed by atoms with Crippen molar-refractivity contribution in [3.8, 4) is 0 Å². The summed E-state index contributed by atoms with van der Waals surface area (Å²) in [6.07, 6.45) is 1.85. The molecule has 0 saturated carbocycles. The van der Waals surface area contributed by atoms with Crippen LogP contribution in [0.3, 0.4) is 0 Å². The Kier molecular flexibility index (Phi) is 2.87. The van der Waals surface area contributed by atoms with Crippen LogP contribution in [-0.4, -0.2) is 5.33 Å². The lowest BCUT2D eigenvalue weighted by molar-refractivity contribution is 0.517. The van der Waals surface area contributed by atoms with Gasteiger partial charge >= 0.3 is 0 Å². The summed E-state index contributed by atoms with van der Waals surface area (Å²) in [6, 6.07) is 6.88. The maximum Gasteiger partial charge on any atom is 0.169 e. The van der Waals surface area contributed by atoms with E-state index in [4.69, 9.17) is 4.42 Å². The van der Waals surface area contributed by atoms with Crippen LogP contribution in [0.5, 0.6) is 0 Å². The van der Waals surface area contributed by atoms with Crippen LogP contribution in [0.25, 0.3) is 11.0 Å². The van der Waals surface area contributed by atoms with Crippen LogP contribution in [0.2, 0.25) is 0 Å².